The van der Waals surface area contributed by atoms with Gasteiger partial charge in [-0.15, -0.1) is 0 Å². The van der Waals surface area contributed by atoms with Crippen LogP contribution in [0.25, 0.3) is 5.69 Å². The molecule has 96 valence electrons. The molecule has 0 atom stereocenters. The third-order valence-corrected chi connectivity index (χ3v) is 2.89. The summed E-state index contributed by atoms with van der Waals surface area (Å²) in [4.78, 5) is 24.7. The molecule has 0 radical (unpaired) electrons. The summed E-state index contributed by atoms with van der Waals surface area (Å²) in [5.74, 6) is -1.84. The molecule has 1 aromatic heterocycles. The van der Waals surface area contributed by atoms with E-state index in [0.717, 1.165) is 16.8 Å². The average molecular weight is 328 g/mol. The molecule has 8 heteroatoms. The van der Waals surface area contributed by atoms with E-state index in [2.05, 4.69) is 15.9 Å². The molecule has 2 aromatic rings. The van der Waals surface area contributed by atoms with Crippen molar-refractivity contribution < 1.29 is 8.78 Å². The second kappa shape index (κ2) is 4.78. The third kappa shape index (κ3) is 2.32. The van der Waals surface area contributed by atoms with Crippen LogP contribution in [0.3, 0.4) is 0 Å². The Morgan fingerprint density at radius 2 is 2.00 bits per heavy atom. The molecule has 0 aliphatic carbocycles. The van der Waals surface area contributed by atoms with Gasteiger partial charge in [0.15, 0.2) is 5.82 Å². The van der Waals surface area contributed by atoms with Crippen molar-refractivity contribution in [1.82, 2.24) is 9.55 Å². The molecule has 0 fully saturated rings. The molecule has 1 N–H and O–H groups in total. The van der Waals surface area contributed by atoms with Crippen LogP contribution < -0.4 is 11.2 Å². The van der Waals surface area contributed by atoms with E-state index in [4.69, 9.17) is 5.26 Å². The lowest BCUT2D eigenvalue weighted by Crippen LogP contribution is -2.30. The Kier molecular flexibility index (Phi) is 3.31. The fourth-order valence-corrected chi connectivity index (χ4v) is 2.08. The summed E-state index contributed by atoms with van der Waals surface area (Å²) in [6.07, 6.45) is 0.891. The second-order valence-corrected chi connectivity index (χ2v) is 4.36. The van der Waals surface area contributed by atoms with Gasteiger partial charge in [-0.25, -0.2) is 13.6 Å². The lowest BCUT2D eigenvalue weighted by Gasteiger charge is -2.09. The first kappa shape index (κ1) is 13.2. The molecule has 5 nitrogen and oxygen atoms in total. The zero-order valence-electron chi connectivity index (χ0n) is 9.08. The van der Waals surface area contributed by atoms with Gasteiger partial charge in [-0.2, -0.15) is 5.26 Å². The fraction of sp³-hybridized carbons (Fsp3) is 0. The highest BCUT2D eigenvalue weighted by atomic mass is 79.9. The minimum atomic E-state index is -1.01. The van der Waals surface area contributed by atoms with Gasteiger partial charge >= 0.3 is 5.69 Å². The Bertz CT molecular complexity index is 797. The van der Waals surface area contributed by atoms with Crippen molar-refractivity contribution in [2.75, 3.05) is 0 Å². The van der Waals surface area contributed by atoms with E-state index < -0.39 is 22.9 Å². The van der Waals surface area contributed by atoms with Crippen molar-refractivity contribution >= 4 is 15.9 Å². The van der Waals surface area contributed by atoms with E-state index >= 15 is 0 Å². The predicted molar refractivity (Wildman–Crippen MR) is 65.0 cm³/mol. The van der Waals surface area contributed by atoms with E-state index in [9.17, 15) is 18.4 Å². The van der Waals surface area contributed by atoms with Gasteiger partial charge in [-0.1, -0.05) is 0 Å². The Morgan fingerprint density at radius 1 is 1.32 bits per heavy atom. The molecule has 0 aliphatic rings. The monoisotopic (exact) mass is 327 g/mol. The number of H-pyrrole nitrogens is 1. The maximum absolute atomic E-state index is 13.7. The number of aromatic amines is 1. The highest BCUT2D eigenvalue weighted by Crippen LogP contribution is 2.24. The Balaban J connectivity index is 2.84. The summed E-state index contributed by atoms with van der Waals surface area (Å²) in [5, 5.41) is 8.71. The van der Waals surface area contributed by atoms with Gasteiger partial charge in [0.2, 0.25) is 0 Å². The third-order valence-electron chi connectivity index (χ3n) is 2.29. The zero-order valence-corrected chi connectivity index (χ0v) is 10.7. The van der Waals surface area contributed by atoms with Crippen molar-refractivity contribution in [3.63, 3.8) is 0 Å². The normalized spacial score (nSPS) is 10.2. The standard InChI is InChI=1S/C11H4BrF2N3O2/c12-7-1-6(13)2-8(14)9(7)17-4-5(3-15)10(18)16-11(17)19/h1-2,4H,(H,16,18,19). The summed E-state index contributed by atoms with van der Waals surface area (Å²) < 4.78 is 27.4. The van der Waals surface area contributed by atoms with Crippen molar-refractivity contribution in [1.29, 1.82) is 5.26 Å². The number of nitriles is 1. The summed E-state index contributed by atoms with van der Waals surface area (Å²) in [6.45, 7) is 0. The molecule has 0 bridgehead atoms. The van der Waals surface area contributed by atoms with Crippen LogP contribution in [0.1, 0.15) is 5.56 Å². The first-order valence-electron chi connectivity index (χ1n) is 4.85. The number of rotatable bonds is 1. The van der Waals surface area contributed by atoms with Crippen molar-refractivity contribution in [3.05, 3.63) is 60.8 Å². The molecule has 0 saturated carbocycles. The first-order chi connectivity index (χ1) is 8.93. The van der Waals surface area contributed by atoms with Crippen LogP contribution in [0.5, 0.6) is 0 Å². The Labute approximate surface area is 112 Å². The predicted octanol–water partition coefficient (Wildman–Crippen LogP) is 1.44. The van der Waals surface area contributed by atoms with Crippen LogP contribution in [-0.2, 0) is 0 Å². The van der Waals surface area contributed by atoms with E-state index in [1.54, 1.807) is 6.07 Å². The van der Waals surface area contributed by atoms with Crippen molar-refractivity contribution in [2.24, 2.45) is 0 Å². The van der Waals surface area contributed by atoms with E-state index in [1.165, 1.54) is 0 Å². The molecule has 0 amide bonds. The minimum Gasteiger partial charge on any atom is -0.273 e. The van der Waals surface area contributed by atoms with Crippen LogP contribution in [0, 0.1) is 23.0 Å². The fourth-order valence-electron chi connectivity index (χ4n) is 1.48. The van der Waals surface area contributed by atoms with Gasteiger partial charge in [-0.05, 0) is 22.0 Å². The number of nitrogens with zero attached hydrogens (tertiary/aromatic N) is 2. The summed E-state index contributed by atoms with van der Waals surface area (Å²) >= 11 is 2.92. The smallest absolute Gasteiger partial charge is 0.273 e. The van der Waals surface area contributed by atoms with Gasteiger partial charge in [0.25, 0.3) is 5.56 Å². The van der Waals surface area contributed by atoms with Crippen LogP contribution in [-0.4, -0.2) is 9.55 Å². The van der Waals surface area contributed by atoms with Crippen LogP contribution >= 0.6 is 15.9 Å². The minimum absolute atomic E-state index is 0.0250. The first-order valence-corrected chi connectivity index (χ1v) is 5.64. The molecule has 19 heavy (non-hydrogen) atoms. The molecule has 0 saturated heterocycles. The van der Waals surface area contributed by atoms with E-state index in [-0.39, 0.29) is 15.7 Å². The largest absolute Gasteiger partial charge is 0.333 e. The second-order valence-electron chi connectivity index (χ2n) is 3.50. The molecule has 0 spiro atoms. The highest BCUT2D eigenvalue weighted by Gasteiger charge is 2.14. The molecular weight excluding hydrogens is 324 g/mol. The highest BCUT2D eigenvalue weighted by molar-refractivity contribution is 9.10. The molecule has 2 rings (SSSR count). The van der Waals surface area contributed by atoms with Gasteiger partial charge in [0, 0.05) is 16.7 Å². The van der Waals surface area contributed by atoms with Crippen LogP contribution in [0.4, 0.5) is 8.78 Å². The number of halogens is 3. The van der Waals surface area contributed by atoms with Crippen molar-refractivity contribution in [3.8, 4) is 11.8 Å². The van der Waals surface area contributed by atoms with E-state index in [1.807, 2.05) is 4.98 Å². The topological polar surface area (TPSA) is 78.7 Å². The van der Waals surface area contributed by atoms with Gasteiger partial charge in [0.1, 0.15) is 23.1 Å². The Morgan fingerprint density at radius 3 is 2.58 bits per heavy atom. The van der Waals surface area contributed by atoms with Crippen LogP contribution in [0.15, 0.2) is 32.4 Å². The number of benzene rings is 1. The summed E-state index contributed by atoms with van der Waals surface area (Å²) in [6, 6.07) is 3.11. The number of aromatic nitrogens is 2. The number of hydrogen-bond donors (Lipinski definition) is 1. The number of hydrogen-bond acceptors (Lipinski definition) is 3. The summed E-state index contributed by atoms with van der Waals surface area (Å²) in [7, 11) is 0. The van der Waals surface area contributed by atoms with Gasteiger partial charge < -0.3 is 0 Å². The van der Waals surface area contributed by atoms with E-state index in [0.29, 0.717) is 6.07 Å². The lowest BCUT2D eigenvalue weighted by molar-refractivity contribution is 0.574. The number of nitrogens with one attached hydrogen (secondary N) is 1. The molecule has 1 heterocycles. The molecular formula is C11H4BrF2N3O2. The van der Waals surface area contributed by atoms with Crippen molar-refractivity contribution in [2.45, 2.75) is 0 Å². The quantitative estimate of drug-likeness (QED) is 0.860. The zero-order chi connectivity index (χ0) is 14.2. The van der Waals surface area contributed by atoms with Gasteiger partial charge in [0.05, 0.1) is 0 Å². The lowest BCUT2D eigenvalue weighted by atomic mass is 10.3. The van der Waals surface area contributed by atoms with Crippen LogP contribution in [0.2, 0.25) is 0 Å². The average Bonchev–Trinajstić information content (AvgIpc) is 2.30. The molecule has 1 aromatic carbocycles. The SMILES string of the molecule is N#Cc1cn(-c2c(F)cc(F)cc2Br)c(=O)[nH]c1=O. The molecule has 0 unspecified atom stereocenters. The summed E-state index contributed by atoms with van der Waals surface area (Å²) in [5.41, 5.74) is -2.47. The van der Waals surface area contributed by atoms with Gasteiger partial charge in [-0.3, -0.25) is 14.3 Å². The maximum atomic E-state index is 13.7. The molecule has 0 aliphatic heterocycles. The maximum Gasteiger partial charge on any atom is 0.333 e. The Hall–Kier alpha value is -2.27.